The Hall–Kier alpha value is -0.690. The van der Waals surface area contributed by atoms with Gasteiger partial charge in [0.05, 0.1) is 21.0 Å². The summed E-state index contributed by atoms with van der Waals surface area (Å²) >= 11 is 8.38. The fourth-order valence-corrected chi connectivity index (χ4v) is 2.40. The van der Waals surface area contributed by atoms with Crippen LogP contribution in [0.4, 0.5) is 0 Å². The molecule has 0 saturated heterocycles. The molecule has 0 fully saturated rings. The van der Waals surface area contributed by atoms with E-state index in [1.807, 2.05) is 18.7 Å². The molecule has 2 aromatic rings. The highest BCUT2D eigenvalue weighted by Crippen LogP contribution is 2.26. The van der Waals surface area contributed by atoms with Gasteiger partial charge in [-0.15, -0.1) is 0 Å². The van der Waals surface area contributed by atoms with E-state index in [-0.39, 0.29) is 0 Å². The van der Waals surface area contributed by atoms with Crippen molar-refractivity contribution in [1.29, 1.82) is 0 Å². The van der Waals surface area contributed by atoms with Crippen LogP contribution in [0.25, 0.3) is 11.4 Å². The van der Waals surface area contributed by atoms with Crippen molar-refractivity contribution < 1.29 is 0 Å². The molecular formula is C12H14ClIN4. The van der Waals surface area contributed by atoms with Crippen LogP contribution in [-0.4, -0.2) is 19.7 Å². The van der Waals surface area contributed by atoms with Crippen molar-refractivity contribution in [1.82, 2.24) is 19.7 Å². The molecule has 0 unspecified atom stereocenters. The van der Waals surface area contributed by atoms with Crippen LogP contribution in [0.5, 0.6) is 0 Å². The zero-order valence-corrected chi connectivity index (χ0v) is 13.4. The molecule has 2 rings (SSSR count). The van der Waals surface area contributed by atoms with Crippen molar-refractivity contribution in [2.75, 3.05) is 0 Å². The van der Waals surface area contributed by atoms with Gasteiger partial charge in [-0.25, -0.2) is 9.97 Å². The molecule has 0 aromatic carbocycles. The fraction of sp³-hybridized carbons (Fsp3) is 0.417. The second-order valence-electron chi connectivity index (χ2n) is 4.12. The summed E-state index contributed by atoms with van der Waals surface area (Å²) in [6.45, 7) is 4.12. The van der Waals surface area contributed by atoms with Crippen molar-refractivity contribution in [2.45, 2.75) is 26.7 Å². The van der Waals surface area contributed by atoms with Gasteiger partial charge in [0.25, 0.3) is 0 Å². The maximum absolute atomic E-state index is 6.18. The van der Waals surface area contributed by atoms with E-state index in [2.05, 4.69) is 44.6 Å². The van der Waals surface area contributed by atoms with Crippen LogP contribution >= 0.6 is 34.2 Å². The molecule has 18 heavy (non-hydrogen) atoms. The number of aromatic nitrogens is 4. The van der Waals surface area contributed by atoms with Gasteiger partial charge in [-0.05, 0) is 35.9 Å². The SMILES string of the molecule is CCCc1nc(-c2cnn(C)c2C)nc(Cl)c1I. The van der Waals surface area contributed by atoms with E-state index in [1.165, 1.54) is 0 Å². The molecule has 0 atom stereocenters. The lowest BCUT2D eigenvalue weighted by molar-refractivity contribution is 0.740. The minimum Gasteiger partial charge on any atom is -0.272 e. The number of nitrogens with zero attached hydrogens (tertiary/aromatic N) is 4. The average Bonchev–Trinajstić information content (AvgIpc) is 2.66. The third kappa shape index (κ3) is 2.51. The molecular weight excluding hydrogens is 363 g/mol. The Morgan fingerprint density at radius 3 is 2.67 bits per heavy atom. The first-order valence-electron chi connectivity index (χ1n) is 5.75. The molecule has 0 N–H and O–H groups in total. The van der Waals surface area contributed by atoms with E-state index in [4.69, 9.17) is 11.6 Å². The van der Waals surface area contributed by atoms with Gasteiger partial charge in [-0.3, -0.25) is 4.68 Å². The van der Waals surface area contributed by atoms with Crippen molar-refractivity contribution in [3.63, 3.8) is 0 Å². The summed E-state index contributed by atoms with van der Waals surface area (Å²) in [7, 11) is 1.90. The predicted octanol–water partition coefficient (Wildman–Crippen LogP) is 3.40. The van der Waals surface area contributed by atoms with Gasteiger partial charge in [0.2, 0.25) is 0 Å². The van der Waals surface area contributed by atoms with Gasteiger partial charge in [-0.2, -0.15) is 5.10 Å². The molecule has 0 radical (unpaired) electrons. The molecule has 0 aliphatic heterocycles. The lowest BCUT2D eigenvalue weighted by Gasteiger charge is -2.07. The predicted molar refractivity (Wildman–Crippen MR) is 80.7 cm³/mol. The van der Waals surface area contributed by atoms with Crippen LogP contribution in [0.3, 0.4) is 0 Å². The summed E-state index contributed by atoms with van der Waals surface area (Å²) in [5.41, 5.74) is 2.99. The first kappa shape index (κ1) is 13.7. The van der Waals surface area contributed by atoms with Crippen LogP contribution in [0.2, 0.25) is 5.15 Å². The third-order valence-electron chi connectivity index (χ3n) is 2.84. The lowest BCUT2D eigenvalue weighted by Crippen LogP contribution is -2.01. The topological polar surface area (TPSA) is 43.6 Å². The maximum Gasteiger partial charge on any atom is 0.164 e. The summed E-state index contributed by atoms with van der Waals surface area (Å²) in [6.07, 6.45) is 3.73. The zero-order valence-electron chi connectivity index (χ0n) is 10.5. The van der Waals surface area contributed by atoms with Crippen LogP contribution in [0.15, 0.2) is 6.20 Å². The second-order valence-corrected chi connectivity index (χ2v) is 5.55. The highest BCUT2D eigenvalue weighted by Gasteiger charge is 2.14. The third-order valence-corrected chi connectivity index (χ3v) is 4.57. The highest BCUT2D eigenvalue weighted by atomic mass is 127. The Balaban J connectivity index is 2.55. The second kappa shape index (κ2) is 5.52. The van der Waals surface area contributed by atoms with Gasteiger partial charge in [-0.1, -0.05) is 24.9 Å². The lowest BCUT2D eigenvalue weighted by atomic mass is 10.2. The first-order chi connectivity index (χ1) is 8.54. The molecule has 0 aliphatic carbocycles. The Morgan fingerprint density at radius 1 is 1.39 bits per heavy atom. The number of aryl methyl sites for hydroxylation is 2. The van der Waals surface area contributed by atoms with E-state index < -0.39 is 0 Å². The maximum atomic E-state index is 6.18. The Morgan fingerprint density at radius 2 is 2.11 bits per heavy atom. The largest absolute Gasteiger partial charge is 0.272 e. The molecule has 0 saturated carbocycles. The Bertz CT molecular complexity index is 580. The summed E-state index contributed by atoms with van der Waals surface area (Å²) in [4.78, 5) is 8.96. The zero-order chi connectivity index (χ0) is 13.3. The van der Waals surface area contributed by atoms with E-state index >= 15 is 0 Å². The highest BCUT2D eigenvalue weighted by molar-refractivity contribution is 14.1. The number of hydrogen-bond donors (Lipinski definition) is 0. The average molecular weight is 377 g/mol. The van der Waals surface area contributed by atoms with E-state index in [1.54, 1.807) is 6.20 Å². The van der Waals surface area contributed by atoms with Gasteiger partial charge in [0, 0.05) is 12.7 Å². The van der Waals surface area contributed by atoms with Gasteiger partial charge in [0.15, 0.2) is 5.82 Å². The van der Waals surface area contributed by atoms with Crippen LogP contribution in [-0.2, 0) is 13.5 Å². The van der Waals surface area contributed by atoms with Crippen molar-refractivity contribution in [3.8, 4) is 11.4 Å². The molecule has 2 aromatic heterocycles. The fourth-order valence-electron chi connectivity index (χ4n) is 1.70. The van der Waals surface area contributed by atoms with Crippen LogP contribution in [0, 0.1) is 10.5 Å². The summed E-state index contributed by atoms with van der Waals surface area (Å²) in [5.74, 6) is 0.662. The summed E-state index contributed by atoms with van der Waals surface area (Å²) in [5, 5.41) is 4.73. The summed E-state index contributed by atoms with van der Waals surface area (Å²) in [6, 6.07) is 0. The van der Waals surface area contributed by atoms with Gasteiger partial charge >= 0.3 is 0 Å². The smallest absolute Gasteiger partial charge is 0.164 e. The first-order valence-corrected chi connectivity index (χ1v) is 7.21. The Labute approximate surface area is 125 Å². The van der Waals surface area contributed by atoms with Crippen molar-refractivity contribution in [2.24, 2.45) is 7.05 Å². The van der Waals surface area contributed by atoms with E-state index in [9.17, 15) is 0 Å². The molecule has 0 aliphatic rings. The standard InChI is InChI=1S/C12H14ClIN4/c1-4-5-9-10(14)11(13)17-12(16-9)8-6-15-18(3)7(8)2/h6H,4-5H2,1-3H3. The number of hydrogen-bond acceptors (Lipinski definition) is 3. The molecule has 2 heterocycles. The molecule has 0 spiro atoms. The molecule has 4 nitrogen and oxygen atoms in total. The van der Waals surface area contributed by atoms with Gasteiger partial charge in [0.1, 0.15) is 5.15 Å². The molecule has 0 amide bonds. The number of halogens is 2. The molecule has 0 bridgehead atoms. The van der Waals surface area contributed by atoms with Crippen molar-refractivity contribution >= 4 is 34.2 Å². The van der Waals surface area contributed by atoms with E-state index in [0.717, 1.165) is 33.4 Å². The minimum atomic E-state index is 0.521. The summed E-state index contributed by atoms with van der Waals surface area (Å²) < 4.78 is 2.76. The molecule has 96 valence electrons. The van der Waals surface area contributed by atoms with Crippen LogP contribution < -0.4 is 0 Å². The van der Waals surface area contributed by atoms with E-state index in [0.29, 0.717) is 11.0 Å². The molecule has 6 heteroatoms. The monoisotopic (exact) mass is 376 g/mol. The van der Waals surface area contributed by atoms with Crippen molar-refractivity contribution in [3.05, 3.63) is 26.3 Å². The normalized spacial score (nSPS) is 10.9. The van der Waals surface area contributed by atoms with Crippen LogP contribution in [0.1, 0.15) is 24.7 Å². The minimum absolute atomic E-state index is 0.521. The number of rotatable bonds is 3. The quantitative estimate of drug-likeness (QED) is 0.609. The van der Waals surface area contributed by atoms with Gasteiger partial charge < -0.3 is 0 Å². The Kier molecular flexibility index (Phi) is 4.21.